The number of anilines is 1. The molecular formula is C23H30ClN3O3. The molecule has 4 rings (SSSR count). The highest BCUT2D eigenvalue weighted by Gasteiger charge is 2.22. The molecule has 0 spiro atoms. The van der Waals surface area contributed by atoms with Gasteiger partial charge < -0.3 is 9.64 Å². The van der Waals surface area contributed by atoms with E-state index in [1.165, 1.54) is 30.4 Å². The van der Waals surface area contributed by atoms with Crippen molar-refractivity contribution in [3.63, 3.8) is 0 Å². The largest absolute Gasteiger partial charge is 0.494 e. The molecule has 7 heteroatoms. The molecule has 0 amide bonds. The molecular weight excluding hydrogens is 402 g/mol. The van der Waals surface area contributed by atoms with E-state index in [1.54, 1.807) is 12.1 Å². The summed E-state index contributed by atoms with van der Waals surface area (Å²) in [7, 11) is 0. The predicted molar refractivity (Wildman–Crippen MR) is 122 cm³/mol. The van der Waals surface area contributed by atoms with E-state index in [0.717, 1.165) is 63.6 Å². The van der Waals surface area contributed by atoms with Crippen molar-refractivity contribution in [1.82, 2.24) is 4.90 Å². The number of nitro groups is 1. The Kier molecular flexibility index (Phi) is 7.94. The molecule has 1 fully saturated rings. The van der Waals surface area contributed by atoms with Crippen molar-refractivity contribution in [2.45, 2.75) is 32.1 Å². The van der Waals surface area contributed by atoms with Crippen molar-refractivity contribution in [3.8, 4) is 5.75 Å². The number of nitro benzene ring substituents is 1. The molecule has 0 atom stereocenters. The molecule has 2 aliphatic rings. The Balaban J connectivity index is 0.00000256. The van der Waals surface area contributed by atoms with Crippen molar-refractivity contribution >= 4 is 23.8 Å². The quantitative estimate of drug-likeness (QED) is 0.350. The monoisotopic (exact) mass is 431 g/mol. The summed E-state index contributed by atoms with van der Waals surface area (Å²) in [5.74, 6) is 1.00. The van der Waals surface area contributed by atoms with Gasteiger partial charge in [0, 0.05) is 32.2 Å². The standard InChI is InChI=1S/C23H29N3O3.ClH/c27-26(28)23-9-2-1-8-22(23)25-15-13-24(14-16-25)12-3-4-17-29-21-11-10-19-6-5-7-20(19)18-21;/h1-2,8-11,18H,3-7,12-17H2;1H. The molecule has 6 nitrogen and oxygen atoms in total. The predicted octanol–water partition coefficient (Wildman–Crippen LogP) is 4.49. The van der Waals surface area contributed by atoms with Crippen LogP contribution in [0.3, 0.4) is 0 Å². The van der Waals surface area contributed by atoms with E-state index in [-0.39, 0.29) is 23.0 Å². The zero-order valence-corrected chi connectivity index (χ0v) is 18.1. The minimum absolute atomic E-state index is 0. The molecule has 2 aromatic rings. The first-order valence-corrected chi connectivity index (χ1v) is 10.7. The van der Waals surface area contributed by atoms with Gasteiger partial charge in [-0.3, -0.25) is 15.0 Å². The van der Waals surface area contributed by atoms with Crippen LogP contribution in [-0.2, 0) is 12.8 Å². The fraction of sp³-hybridized carbons (Fsp3) is 0.478. The topological polar surface area (TPSA) is 58.9 Å². The van der Waals surface area contributed by atoms with Crippen molar-refractivity contribution in [2.75, 3.05) is 44.2 Å². The Morgan fingerprint density at radius 1 is 0.967 bits per heavy atom. The molecule has 30 heavy (non-hydrogen) atoms. The molecule has 1 aliphatic carbocycles. The van der Waals surface area contributed by atoms with Gasteiger partial charge >= 0.3 is 0 Å². The molecule has 0 unspecified atom stereocenters. The zero-order valence-electron chi connectivity index (χ0n) is 17.3. The van der Waals surface area contributed by atoms with Crippen molar-refractivity contribution in [1.29, 1.82) is 0 Å². The lowest BCUT2D eigenvalue weighted by atomic mass is 10.1. The number of rotatable bonds is 8. The van der Waals surface area contributed by atoms with Crippen LogP contribution in [0.25, 0.3) is 0 Å². The average Bonchev–Trinajstić information content (AvgIpc) is 3.22. The van der Waals surface area contributed by atoms with Crippen molar-refractivity contribution < 1.29 is 9.66 Å². The summed E-state index contributed by atoms with van der Waals surface area (Å²) in [6, 6.07) is 13.6. The summed E-state index contributed by atoms with van der Waals surface area (Å²) in [6.45, 7) is 5.36. The molecule has 1 saturated heterocycles. The number of unbranched alkanes of at least 4 members (excludes halogenated alkanes) is 1. The first kappa shape index (κ1) is 22.4. The van der Waals surface area contributed by atoms with E-state index in [9.17, 15) is 10.1 Å². The minimum Gasteiger partial charge on any atom is -0.494 e. The number of hydrogen-bond acceptors (Lipinski definition) is 5. The maximum absolute atomic E-state index is 11.2. The van der Waals surface area contributed by atoms with Crippen LogP contribution in [-0.4, -0.2) is 49.2 Å². The van der Waals surface area contributed by atoms with E-state index >= 15 is 0 Å². The molecule has 0 saturated carbocycles. The van der Waals surface area contributed by atoms with Gasteiger partial charge in [-0.25, -0.2) is 0 Å². The highest BCUT2D eigenvalue weighted by atomic mass is 35.5. The lowest BCUT2D eigenvalue weighted by Gasteiger charge is -2.35. The number of para-hydroxylation sites is 2. The van der Waals surface area contributed by atoms with Gasteiger partial charge in [-0.1, -0.05) is 18.2 Å². The summed E-state index contributed by atoms with van der Waals surface area (Å²) in [5, 5.41) is 11.2. The number of benzene rings is 2. The number of ether oxygens (including phenoxy) is 1. The molecule has 0 bridgehead atoms. The van der Waals surface area contributed by atoms with Gasteiger partial charge in [0.05, 0.1) is 11.5 Å². The van der Waals surface area contributed by atoms with Crippen LogP contribution < -0.4 is 9.64 Å². The first-order valence-electron chi connectivity index (χ1n) is 10.7. The van der Waals surface area contributed by atoms with Crippen LogP contribution >= 0.6 is 12.4 Å². The normalized spacial score (nSPS) is 16.1. The van der Waals surface area contributed by atoms with Crippen LogP contribution in [0.2, 0.25) is 0 Å². The average molecular weight is 432 g/mol. The second-order valence-corrected chi connectivity index (χ2v) is 7.91. The van der Waals surface area contributed by atoms with Gasteiger partial charge in [0.15, 0.2) is 0 Å². The van der Waals surface area contributed by atoms with Crippen LogP contribution in [0.1, 0.15) is 30.4 Å². The molecule has 2 aromatic carbocycles. The fourth-order valence-electron chi connectivity index (χ4n) is 4.36. The van der Waals surface area contributed by atoms with E-state index in [0.29, 0.717) is 0 Å². The lowest BCUT2D eigenvalue weighted by Crippen LogP contribution is -2.46. The zero-order chi connectivity index (χ0) is 20.1. The Morgan fingerprint density at radius 2 is 1.73 bits per heavy atom. The van der Waals surface area contributed by atoms with Crippen LogP contribution in [0.15, 0.2) is 42.5 Å². The minimum atomic E-state index is -0.289. The Morgan fingerprint density at radius 3 is 2.53 bits per heavy atom. The second kappa shape index (κ2) is 10.6. The van der Waals surface area contributed by atoms with Gasteiger partial charge in [-0.05, 0) is 68.0 Å². The van der Waals surface area contributed by atoms with Crippen LogP contribution in [0.4, 0.5) is 11.4 Å². The molecule has 0 N–H and O–H groups in total. The number of hydrogen-bond donors (Lipinski definition) is 0. The maximum atomic E-state index is 11.2. The third kappa shape index (κ3) is 5.43. The SMILES string of the molecule is Cl.O=[N+]([O-])c1ccccc1N1CCN(CCCCOc2ccc3c(c2)CCC3)CC1. The van der Waals surface area contributed by atoms with Gasteiger partial charge in [0.25, 0.3) is 5.69 Å². The Hall–Kier alpha value is -2.31. The van der Waals surface area contributed by atoms with Gasteiger partial charge in [0.1, 0.15) is 11.4 Å². The summed E-state index contributed by atoms with van der Waals surface area (Å²) in [4.78, 5) is 15.5. The lowest BCUT2D eigenvalue weighted by molar-refractivity contribution is -0.384. The van der Waals surface area contributed by atoms with Gasteiger partial charge in [-0.15, -0.1) is 12.4 Å². The highest BCUT2D eigenvalue weighted by molar-refractivity contribution is 5.85. The van der Waals surface area contributed by atoms with E-state index in [4.69, 9.17) is 4.74 Å². The first-order chi connectivity index (χ1) is 14.2. The molecule has 1 heterocycles. The Bertz CT molecular complexity index is 853. The van der Waals surface area contributed by atoms with E-state index < -0.39 is 0 Å². The van der Waals surface area contributed by atoms with Crippen LogP contribution in [0.5, 0.6) is 5.75 Å². The molecule has 0 aromatic heterocycles. The molecule has 0 radical (unpaired) electrons. The van der Waals surface area contributed by atoms with Crippen LogP contribution in [0, 0.1) is 10.1 Å². The number of aryl methyl sites for hydroxylation is 2. The highest BCUT2D eigenvalue weighted by Crippen LogP contribution is 2.28. The van der Waals surface area contributed by atoms with Gasteiger partial charge in [-0.2, -0.15) is 0 Å². The van der Waals surface area contributed by atoms with E-state index in [1.807, 2.05) is 12.1 Å². The number of halogens is 1. The third-order valence-corrected chi connectivity index (χ3v) is 6.00. The summed E-state index contributed by atoms with van der Waals surface area (Å²) in [6.07, 6.45) is 5.81. The van der Waals surface area contributed by atoms with Gasteiger partial charge in [0.2, 0.25) is 0 Å². The number of piperazine rings is 1. The van der Waals surface area contributed by atoms with Crippen molar-refractivity contribution in [3.05, 3.63) is 63.7 Å². The molecule has 162 valence electrons. The molecule has 1 aliphatic heterocycles. The maximum Gasteiger partial charge on any atom is 0.292 e. The summed E-state index contributed by atoms with van der Waals surface area (Å²) in [5.41, 5.74) is 3.88. The summed E-state index contributed by atoms with van der Waals surface area (Å²) < 4.78 is 5.94. The summed E-state index contributed by atoms with van der Waals surface area (Å²) >= 11 is 0. The van der Waals surface area contributed by atoms with E-state index in [2.05, 4.69) is 28.0 Å². The smallest absolute Gasteiger partial charge is 0.292 e. The third-order valence-electron chi connectivity index (χ3n) is 6.00. The fourth-order valence-corrected chi connectivity index (χ4v) is 4.36. The Labute approximate surface area is 184 Å². The van der Waals surface area contributed by atoms with Crippen molar-refractivity contribution in [2.24, 2.45) is 0 Å². The second-order valence-electron chi connectivity index (χ2n) is 7.91. The number of nitrogens with zero attached hydrogens (tertiary/aromatic N) is 3. The number of fused-ring (bicyclic) bond motifs is 1.